The van der Waals surface area contributed by atoms with Gasteiger partial charge < -0.3 is 10.4 Å². The highest BCUT2D eigenvalue weighted by Gasteiger charge is 2.33. The Kier molecular flexibility index (Phi) is 6.01. The molecule has 0 spiro atoms. The first kappa shape index (κ1) is 16.5. The fourth-order valence-electron chi connectivity index (χ4n) is 1.91. The molecule has 1 aromatic rings. The molecular weight excluding hydrogens is 271 g/mol. The second-order valence-corrected chi connectivity index (χ2v) is 4.57. The van der Waals surface area contributed by atoms with E-state index in [0.717, 1.165) is 12.5 Å². The van der Waals surface area contributed by atoms with Crippen molar-refractivity contribution in [3.63, 3.8) is 0 Å². The molecule has 1 unspecified atom stereocenters. The van der Waals surface area contributed by atoms with Crippen molar-refractivity contribution < 1.29 is 23.1 Å². The van der Waals surface area contributed by atoms with Gasteiger partial charge in [-0.3, -0.25) is 4.79 Å². The number of carboxylic acid groups (broad SMARTS) is 1. The van der Waals surface area contributed by atoms with Crippen molar-refractivity contribution in [1.82, 2.24) is 5.32 Å². The number of alkyl halides is 3. The van der Waals surface area contributed by atoms with Gasteiger partial charge in [0.25, 0.3) is 0 Å². The van der Waals surface area contributed by atoms with Crippen LogP contribution in [0.5, 0.6) is 0 Å². The summed E-state index contributed by atoms with van der Waals surface area (Å²) in [5, 5.41) is 11.7. The molecule has 0 saturated heterocycles. The molecule has 0 fully saturated rings. The van der Waals surface area contributed by atoms with Crippen LogP contribution in [0, 0.1) is 0 Å². The molecule has 0 saturated carbocycles. The number of halogens is 3. The van der Waals surface area contributed by atoms with Crippen LogP contribution in [0.2, 0.25) is 0 Å². The second-order valence-electron chi connectivity index (χ2n) is 4.57. The standard InChI is InChI=1S/C14H18F3NO2/c1-2-3-8-12(13(19)20)18-9-10-6-4-5-7-11(10)14(15,16)17/h4-7,12,18H,2-3,8-9H2,1H3,(H,19,20). The van der Waals surface area contributed by atoms with Gasteiger partial charge in [-0.2, -0.15) is 13.2 Å². The highest BCUT2D eigenvalue weighted by atomic mass is 19.4. The number of rotatable bonds is 7. The summed E-state index contributed by atoms with van der Waals surface area (Å²) in [4.78, 5) is 11.0. The van der Waals surface area contributed by atoms with Crippen LogP contribution in [0.1, 0.15) is 37.3 Å². The van der Waals surface area contributed by atoms with E-state index in [0.29, 0.717) is 12.8 Å². The van der Waals surface area contributed by atoms with Gasteiger partial charge in [-0.25, -0.2) is 0 Å². The summed E-state index contributed by atoms with van der Waals surface area (Å²) in [7, 11) is 0. The minimum atomic E-state index is -4.43. The van der Waals surface area contributed by atoms with E-state index in [9.17, 15) is 18.0 Å². The zero-order valence-corrected chi connectivity index (χ0v) is 11.2. The molecule has 0 aliphatic carbocycles. The largest absolute Gasteiger partial charge is 0.480 e. The molecular formula is C14H18F3NO2. The Balaban J connectivity index is 2.75. The first-order valence-electron chi connectivity index (χ1n) is 6.47. The molecule has 2 N–H and O–H groups in total. The molecule has 1 rings (SSSR count). The van der Waals surface area contributed by atoms with Gasteiger partial charge in [0.05, 0.1) is 5.56 Å². The van der Waals surface area contributed by atoms with E-state index in [2.05, 4.69) is 5.32 Å². The summed E-state index contributed by atoms with van der Waals surface area (Å²) in [6, 6.07) is 4.36. The fraction of sp³-hybridized carbons (Fsp3) is 0.500. The molecule has 3 nitrogen and oxygen atoms in total. The van der Waals surface area contributed by atoms with E-state index in [1.54, 1.807) is 0 Å². The quantitative estimate of drug-likeness (QED) is 0.808. The minimum Gasteiger partial charge on any atom is -0.480 e. The Morgan fingerprint density at radius 3 is 2.55 bits per heavy atom. The number of carboxylic acids is 1. The average Bonchev–Trinajstić information content (AvgIpc) is 2.37. The van der Waals surface area contributed by atoms with Gasteiger partial charge in [0.1, 0.15) is 6.04 Å². The van der Waals surface area contributed by atoms with E-state index in [4.69, 9.17) is 5.11 Å². The Bertz CT molecular complexity index is 446. The number of benzene rings is 1. The smallest absolute Gasteiger partial charge is 0.416 e. The van der Waals surface area contributed by atoms with Crippen LogP contribution in [0.3, 0.4) is 0 Å². The van der Waals surface area contributed by atoms with Crippen LogP contribution >= 0.6 is 0 Å². The third-order valence-electron chi connectivity index (χ3n) is 3.01. The summed E-state index contributed by atoms with van der Waals surface area (Å²) >= 11 is 0. The number of hydrogen-bond acceptors (Lipinski definition) is 2. The van der Waals surface area contributed by atoms with Crippen LogP contribution in [-0.4, -0.2) is 17.1 Å². The Morgan fingerprint density at radius 1 is 1.35 bits per heavy atom. The van der Waals surface area contributed by atoms with Crippen LogP contribution in [-0.2, 0) is 17.5 Å². The lowest BCUT2D eigenvalue weighted by molar-refractivity contribution is -0.139. The molecule has 0 aliphatic heterocycles. The molecule has 1 atom stereocenters. The monoisotopic (exact) mass is 289 g/mol. The SMILES string of the molecule is CCCCC(NCc1ccccc1C(F)(F)F)C(=O)O. The van der Waals surface area contributed by atoms with E-state index < -0.39 is 23.8 Å². The molecule has 0 aromatic heterocycles. The molecule has 0 aliphatic rings. The van der Waals surface area contributed by atoms with Gasteiger partial charge in [0.2, 0.25) is 0 Å². The maximum atomic E-state index is 12.8. The highest BCUT2D eigenvalue weighted by Crippen LogP contribution is 2.31. The molecule has 1 aromatic carbocycles. The summed E-state index contributed by atoms with van der Waals surface area (Å²) in [5.41, 5.74) is -0.671. The van der Waals surface area contributed by atoms with Crippen molar-refractivity contribution in [2.24, 2.45) is 0 Å². The maximum absolute atomic E-state index is 12.8. The lowest BCUT2D eigenvalue weighted by Gasteiger charge is -2.17. The molecule has 0 heterocycles. The van der Waals surface area contributed by atoms with Gasteiger partial charge in [-0.05, 0) is 18.1 Å². The van der Waals surface area contributed by atoms with Crippen molar-refractivity contribution in [3.05, 3.63) is 35.4 Å². The van der Waals surface area contributed by atoms with E-state index in [1.807, 2.05) is 6.92 Å². The van der Waals surface area contributed by atoms with Crippen molar-refractivity contribution >= 4 is 5.97 Å². The third-order valence-corrected chi connectivity index (χ3v) is 3.01. The van der Waals surface area contributed by atoms with Crippen molar-refractivity contribution in [3.8, 4) is 0 Å². The van der Waals surface area contributed by atoms with Crippen LogP contribution < -0.4 is 5.32 Å². The van der Waals surface area contributed by atoms with Gasteiger partial charge in [-0.1, -0.05) is 38.0 Å². The predicted molar refractivity (Wildman–Crippen MR) is 69.2 cm³/mol. The van der Waals surface area contributed by atoms with E-state index >= 15 is 0 Å². The zero-order chi connectivity index (χ0) is 15.2. The first-order chi connectivity index (χ1) is 9.36. The Morgan fingerprint density at radius 2 is 2.00 bits per heavy atom. The second kappa shape index (κ2) is 7.28. The van der Waals surface area contributed by atoms with Crippen LogP contribution in [0.15, 0.2) is 24.3 Å². The van der Waals surface area contributed by atoms with Crippen LogP contribution in [0.25, 0.3) is 0 Å². The molecule has 112 valence electrons. The predicted octanol–water partition coefficient (Wildman–Crippen LogP) is 3.44. The highest BCUT2D eigenvalue weighted by molar-refractivity contribution is 5.73. The molecule has 0 bridgehead atoms. The lowest BCUT2D eigenvalue weighted by Crippen LogP contribution is -2.36. The molecule has 0 amide bonds. The Labute approximate surface area is 115 Å². The normalized spacial score (nSPS) is 13.2. The van der Waals surface area contributed by atoms with Crippen LogP contribution in [0.4, 0.5) is 13.2 Å². The molecule has 0 radical (unpaired) electrons. The Hall–Kier alpha value is -1.56. The van der Waals surface area contributed by atoms with Crippen molar-refractivity contribution in [2.75, 3.05) is 0 Å². The van der Waals surface area contributed by atoms with Gasteiger partial charge in [0.15, 0.2) is 0 Å². The summed E-state index contributed by atoms with van der Waals surface area (Å²) in [5.74, 6) is -1.04. The number of hydrogen-bond donors (Lipinski definition) is 2. The van der Waals surface area contributed by atoms with Crippen molar-refractivity contribution in [2.45, 2.75) is 44.9 Å². The number of unbranched alkanes of at least 4 members (excludes halogenated alkanes) is 1. The maximum Gasteiger partial charge on any atom is 0.416 e. The van der Waals surface area contributed by atoms with E-state index in [-0.39, 0.29) is 12.1 Å². The zero-order valence-electron chi connectivity index (χ0n) is 11.2. The van der Waals surface area contributed by atoms with Crippen molar-refractivity contribution in [1.29, 1.82) is 0 Å². The summed E-state index contributed by atoms with van der Waals surface area (Å²) in [6.45, 7) is 1.81. The number of aliphatic carboxylic acids is 1. The first-order valence-corrected chi connectivity index (χ1v) is 6.47. The molecule has 20 heavy (non-hydrogen) atoms. The lowest BCUT2D eigenvalue weighted by atomic mass is 10.1. The van der Waals surface area contributed by atoms with E-state index in [1.165, 1.54) is 18.2 Å². The topological polar surface area (TPSA) is 49.3 Å². The summed E-state index contributed by atoms with van der Waals surface area (Å²) < 4.78 is 38.4. The van der Waals surface area contributed by atoms with Gasteiger partial charge >= 0.3 is 12.1 Å². The van der Waals surface area contributed by atoms with Gasteiger partial charge in [0, 0.05) is 6.54 Å². The third kappa shape index (κ3) is 4.85. The minimum absolute atomic E-state index is 0.0581. The number of nitrogens with one attached hydrogen (secondary N) is 1. The fourth-order valence-corrected chi connectivity index (χ4v) is 1.91. The van der Waals surface area contributed by atoms with Gasteiger partial charge in [-0.15, -0.1) is 0 Å². The molecule has 6 heteroatoms. The summed E-state index contributed by atoms with van der Waals surface area (Å²) in [6.07, 6.45) is -2.48. The number of carbonyl (C=O) groups is 1. The average molecular weight is 289 g/mol.